The van der Waals surface area contributed by atoms with Gasteiger partial charge in [-0.1, -0.05) is 36.4 Å². The maximum absolute atomic E-state index is 11.3. The Morgan fingerprint density at radius 1 is 1.31 bits per heavy atom. The van der Waals surface area contributed by atoms with Crippen LogP contribution >= 0.6 is 0 Å². The van der Waals surface area contributed by atoms with E-state index in [1.807, 2.05) is 18.2 Å². The number of carbonyl (C=O) groups excluding carboxylic acids is 2. The van der Waals surface area contributed by atoms with Gasteiger partial charge in [0.05, 0.1) is 6.10 Å². The van der Waals surface area contributed by atoms with Crippen molar-refractivity contribution < 1.29 is 24.2 Å². The van der Waals surface area contributed by atoms with Crippen molar-refractivity contribution in [3.8, 4) is 0 Å². The first-order chi connectivity index (χ1) is 12.5. The Bertz CT molecular complexity index is 596. The highest BCUT2D eigenvalue weighted by Gasteiger charge is 2.23. The predicted molar refractivity (Wildman–Crippen MR) is 98.4 cm³/mol. The lowest BCUT2D eigenvalue weighted by molar-refractivity contribution is -0.148. The van der Waals surface area contributed by atoms with Gasteiger partial charge in [-0.15, -0.1) is 0 Å². The predicted octanol–water partition coefficient (Wildman–Crippen LogP) is 3.34. The molecular formula is C21H28O5. The Hall–Kier alpha value is -2.14. The highest BCUT2D eigenvalue weighted by Crippen LogP contribution is 2.19. The van der Waals surface area contributed by atoms with Crippen LogP contribution in [0.2, 0.25) is 0 Å². The first kappa shape index (κ1) is 20.2. The quantitative estimate of drug-likeness (QED) is 0.512. The number of hydrogen-bond donors (Lipinski definition) is 1. The molecule has 0 fully saturated rings. The molecular weight excluding hydrogens is 332 g/mol. The number of rotatable bonds is 10. The molecule has 1 heterocycles. The van der Waals surface area contributed by atoms with E-state index >= 15 is 0 Å². The van der Waals surface area contributed by atoms with E-state index in [0.29, 0.717) is 25.7 Å². The number of aliphatic hydroxyl groups excluding tert-OH is 1. The summed E-state index contributed by atoms with van der Waals surface area (Å²) in [4.78, 5) is 22.6. The molecule has 0 spiro atoms. The van der Waals surface area contributed by atoms with E-state index in [-0.39, 0.29) is 24.1 Å². The molecule has 5 nitrogen and oxygen atoms in total. The number of cyclic esters (lactones) is 1. The molecule has 0 aliphatic carbocycles. The molecule has 0 bridgehead atoms. The van der Waals surface area contributed by atoms with Crippen molar-refractivity contribution in [3.05, 3.63) is 48.0 Å². The number of ether oxygens (including phenoxy) is 2. The van der Waals surface area contributed by atoms with Gasteiger partial charge in [-0.2, -0.15) is 0 Å². The van der Waals surface area contributed by atoms with E-state index < -0.39 is 6.10 Å². The average Bonchev–Trinajstić information content (AvgIpc) is 2.59. The van der Waals surface area contributed by atoms with Gasteiger partial charge < -0.3 is 14.6 Å². The summed E-state index contributed by atoms with van der Waals surface area (Å²) < 4.78 is 10.5. The third-order valence-corrected chi connectivity index (χ3v) is 4.42. The number of aryl methyl sites for hydroxylation is 1. The average molecular weight is 360 g/mol. The lowest BCUT2D eigenvalue weighted by Gasteiger charge is -2.24. The number of esters is 2. The standard InChI is InChI=1S/C21H28O5/c1-16(22)25-19(11-6-5-10-17-8-3-2-4-9-17)14-18(23)15-20-12-7-13-21(24)26-20/h2-4,7-9,13,18-20,23H,5-6,10-12,14-15H2,1H3/t18-,19-,20+/m1/s1. The molecule has 142 valence electrons. The van der Waals surface area contributed by atoms with E-state index in [9.17, 15) is 14.7 Å². The molecule has 0 radical (unpaired) electrons. The van der Waals surface area contributed by atoms with Crippen molar-refractivity contribution in [1.82, 2.24) is 0 Å². The molecule has 0 saturated carbocycles. The van der Waals surface area contributed by atoms with Crippen LogP contribution in [0.1, 0.15) is 51.0 Å². The van der Waals surface area contributed by atoms with Crippen molar-refractivity contribution in [1.29, 1.82) is 0 Å². The monoisotopic (exact) mass is 360 g/mol. The van der Waals surface area contributed by atoms with E-state index in [0.717, 1.165) is 19.3 Å². The van der Waals surface area contributed by atoms with Crippen molar-refractivity contribution >= 4 is 11.9 Å². The summed E-state index contributed by atoms with van der Waals surface area (Å²) in [6, 6.07) is 10.3. The van der Waals surface area contributed by atoms with Gasteiger partial charge in [0.2, 0.25) is 0 Å². The molecule has 1 aromatic rings. The maximum Gasteiger partial charge on any atom is 0.330 e. The molecule has 0 aromatic heterocycles. The smallest absolute Gasteiger partial charge is 0.330 e. The third kappa shape index (κ3) is 7.83. The first-order valence-corrected chi connectivity index (χ1v) is 9.29. The fourth-order valence-electron chi connectivity index (χ4n) is 3.22. The summed E-state index contributed by atoms with van der Waals surface area (Å²) >= 11 is 0. The SMILES string of the molecule is CC(=O)O[C@H](CCCCc1ccccc1)C[C@@H](O)C[C@@H]1CC=CC(=O)O1. The topological polar surface area (TPSA) is 72.8 Å². The zero-order valence-electron chi connectivity index (χ0n) is 15.3. The van der Waals surface area contributed by atoms with Gasteiger partial charge in [-0.3, -0.25) is 4.79 Å². The van der Waals surface area contributed by atoms with Crippen molar-refractivity contribution in [2.45, 2.75) is 70.2 Å². The van der Waals surface area contributed by atoms with Crippen molar-refractivity contribution in [3.63, 3.8) is 0 Å². The third-order valence-electron chi connectivity index (χ3n) is 4.42. The molecule has 1 N–H and O–H groups in total. The zero-order valence-corrected chi connectivity index (χ0v) is 15.3. The maximum atomic E-state index is 11.3. The van der Waals surface area contributed by atoms with Crippen LogP contribution in [0.4, 0.5) is 0 Å². The minimum atomic E-state index is -0.669. The summed E-state index contributed by atoms with van der Waals surface area (Å²) in [5.41, 5.74) is 1.30. The molecule has 5 heteroatoms. The normalized spacial score (nSPS) is 18.8. The second-order valence-electron chi connectivity index (χ2n) is 6.79. The Kier molecular flexibility index (Phi) is 8.35. The molecule has 3 atom stereocenters. The van der Waals surface area contributed by atoms with Crippen LogP contribution in [0, 0.1) is 0 Å². The molecule has 0 saturated heterocycles. The van der Waals surface area contributed by atoms with Crippen LogP contribution in [-0.4, -0.2) is 35.4 Å². The fraction of sp³-hybridized carbons (Fsp3) is 0.524. The Labute approximate surface area is 155 Å². The Morgan fingerprint density at radius 3 is 2.77 bits per heavy atom. The second kappa shape index (κ2) is 10.8. The molecule has 2 rings (SSSR count). The van der Waals surface area contributed by atoms with E-state index in [1.165, 1.54) is 18.6 Å². The second-order valence-corrected chi connectivity index (χ2v) is 6.79. The molecule has 26 heavy (non-hydrogen) atoms. The van der Waals surface area contributed by atoms with E-state index in [4.69, 9.17) is 9.47 Å². The van der Waals surface area contributed by atoms with Crippen molar-refractivity contribution in [2.75, 3.05) is 0 Å². The molecule has 1 aliphatic heterocycles. The minimum absolute atomic E-state index is 0.307. The van der Waals surface area contributed by atoms with Gasteiger partial charge in [0, 0.05) is 32.3 Å². The van der Waals surface area contributed by atoms with E-state index in [1.54, 1.807) is 6.08 Å². The lowest BCUT2D eigenvalue weighted by atomic mass is 9.98. The number of carbonyl (C=O) groups is 2. The van der Waals surface area contributed by atoms with E-state index in [2.05, 4.69) is 12.1 Å². The van der Waals surface area contributed by atoms with Gasteiger partial charge >= 0.3 is 11.9 Å². The number of unbranched alkanes of at least 4 members (excludes halogenated alkanes) is 1. The highest BCUT2D eigenvalue weighted by molar-refractivity contribution is 5.82. The number of hydrogen-bond acceptors (Lipinski definition) is 5. The van der Waals surface area contributed by atoms with Crippen LogP contribution in [0.5, 0.6) is 0 Å². The Balaban J connectivity index is 1.73. The van der Waals surface area contributed by atoms with Crippen LogP contribution in [0.3, 0.4) is 0 Å². The highest BCUT2D eigenvalue weighted by atomic mass is 16.5. The molecule has 0 unspecified atom stereocenters. The molecule has 1 aliphatic rings. The Morgan fingerprint density at radius 2 is 2.08 bits per heavy atom. The summed E-state index contributed by atoms with van der Waals surface area (Å²) in [5, 5.41) is 10.3. The van der Waals surface area contributed by atoms with Gasteiger partial charge in [-0.25, -0.2) is 4.79 Å². The lowest BCUT2D eigenvalue weighted by Crippen LogP contribution is -2.29. The molecule has 1 aromatic carbocycles. The summed E-state index contributed by atoms with van der Waals surface area (Å²) in [5.74, 6) is -0.705. The largest absolute Gasteiger partial charge is 0.462 e. The van der Waals surface area contributed by atoms with Gasteiger partial charge in [0.1, 0.15) is 12.2 Å². The summed E-state index contributed by atoms with van der Waals surface area (Å²) in [6.45, 7) is 1.39. The zero-order chi connectivity index (χ0) is 18.8. The fourth-order valence-corrected chi connectivity index (χ4v) is 3.22. The first-order valence-electron chi connectivity index (χ1n) is 9.29. The summed E-state index contributed by atoms with van der Waals surface area (Å²) in [6.07, 6.45) is 6.83. The molecule has 0 amide bonds. The van der Waals surface area contributed by atoms with Gasteiger partial charge in [0.25, 0.3) is 0 Å². The van der Waals surface area contributed by atoms with Crippen LogP contribution in [0.25, 0.3) is 0 Å². The number of benzene rings is 1. The van der Waals surface area contributed by atoms with Crippen LogP contribution < -0.4 is 0 Å². The van der Waals surface area contributed by atoms with Gasteiger partial charge in [0.15, 0.2) is 0 Å². The minimum Gasteiger partial charge on any atom is -0.462 e. The van der Waals surface area contributed by atoms with Crippen molar-refractivity contribution in [2.24, 2.45) is 0 Å². The summed E-state index contributed by atoms with van der Waals surface area (Å²) in [7, 11) is 0. The number of aliphatic hydroxyl groups is 1. The van der Waals surface area contributed by atoms with Crippen LogP contribution in [0.15, 0.2) is 42.5 Å². The van der Waals surface area contributed by atoms with Gasteiger partial charge in [-0.05, 0) is 31.2 Å². The van der Waals surface area contributed by atoms with Crippen LogP contribution in [-0.2, 0) is 25.5 Å².